The molecule has 0 atom stereocenters. The highest BCUT2D eigenvalue weighted by molar-refractivity contribution is 9.10. The Bertz CT molecular complexity index is 819. The van der Waals surface area contributed by atoms with Crippen LogP contribution in [0.2, 0.25) is 0 Å². The molecule has 122 valence electrons. The minimum atomic E-state index is 0.541. The maximum Gasteiger partial charge on any atom is 0.229 e. The van der Waals surface area contributed by atoms with Gasteiger partial charge in [-0.3, -0.25) is 0 Å². The van der Waals surface area contributed by atoms with E-state index in [2.05, 4.69) is 36.5 Å². The fraction of sp³-hybridized carbons (Fsp3) is 0.111. The zero-order chi connectivity index (χ0) is 16.9. The van der Waals surface area contributed by atoms with Crippen molar-refractivity contribution in [2.45, 2.75) is 6.92 Å². The highest BCUT2D eigenvalue weighted by atomic mass is 79.9. The van der Waals surface area contributed by atoms with Gasteiger partial charge in [0.2, 0.25) is 5.95 Å². The van der Waals surface area contributed by atoms with Gasteiger partial charge in [0.1, 0.15) is 11.6 Å². The number of hydrogen-bond acceptors (Lipinski definition) is 5. The van der Waals surface area contributed by atoms with Gasteiger partial charge in [-0.25, -0.2) is 4.98 Å². The summed E-state index contributed by atoms with van der Waals surface area (Å²) in [5.74, 6) is 2.09. The maximum absolute atomic E-state index is 5.16. The number of benzene rings is 2. The van der Waals surface area contributed by atoms with Crippen LogP contribution >= 0.6 is 15.9 Å². The van der Waals surface area contributed by atoms with Crippen molar-refractivity contribution < 1.29 is 4.74 Å². The van der Waals surface area contributed by atoms with Crippen LogP contribution in [-0.2, 0) is 0 Å². The number of halogens is 1. The molecule has 3 rings (SSSR count). The fourth-order valence-corrected chi connectivity index (χ4v) is 2.44. The van der Waals surface area contributed by atoms with E-state index in [1.165, 1.54) is 0 Å². The number of anilines is 4. The lowest BCUT2D eigenvalue weighted by Gasteiger charge is -2.10. The van der Waals surface area contributed by atoms with E-state index in [-0.39, 0.29) is 0 Å². The van der Waals surface area contributed by atoms with Crippen LogP contribution in [0.5, 0.6) is 5.75 Å². The van der Waals surface area contributed by atoms with Gasteiger partial charge in [0, 0.05) is 27.6 Å². The van der Waals surface area contributed by atoms with Gasteiger partial charge in [0.15, 0.2) is 0 Å². The Morgan fingerprint density at radius 1 is 0.875 bits per heavy atom. The summed E-state index contributed by atoms with van der Waals surface area (Å²) in [5.41, 5.74) is 2.74. The molecule has 0 aliphatic rings. The molecule has 2 aromatic carbocycles. The average molecular weight is 385 g/mol. The Morgan fingerprint density at radius 3 is 2.17 bits per heavy atom. The van der Waals surface area contributed by atoms with Crippen molar-refractivity contribution in [3.63, 3.8) is 0 Å². The van der Waals surface area contributed by atoms with Crippen LogP contribution in [0.3, 0.4) is 0 Å². The SMILES string of the molecule is COc1ccc(Nc2nc(C)cc(Nc3ccc(Br)cc3)n2)cc1. The first kappa shape index (κ1) is 16.3. The minimum absolute atomic E-state index is 0.541. The second-order valence-corrected chi connectivity index (χ2v) is 6.12. The molecule has 0 fully saturated rings. The van der Waals surface area contributed by atoms with Gasteiger partial charge in [-0.1, -0.05) is 15.9 Å². The van der Waals surface area contributed by atoms with E-state index < -0.39 is 0 Å². The third-order valence-corrected chi connectivity index (χ3v) is 3.85. The molecular weight excluding hydrogens is 368 g/mol. The lowest BCUT2D eigenvalue weighted by atomic mass is 10.3. The Morgan fingerprint density at radius 2 is 1.50 bits per heavy atom. The number of methoxy groups -OCH3 is 1. The van der Waals surface area contributed by atoms with E-state index in [1.54, 1.807) is 7.11 Å². The van der Waals surface area contributed by atoms with Crippen molar-refractivity contribution in [1.82, 2.24) is 9.97 Å². The van der Waals surface area contributed by atoms with E-state index in [0.717, 1.165) is 33.1 Å². The largest absolute Gasteiger partial charge is 0.497 e. The first-order valence-corrected chi connectivity index (χ1v) is 8.21. The van der Waals surface area contributed by atoms with Gasteiger partial charge < -0.3 is 15.4 Å². The van der Waals surface area contributed by atoms with Crippen LogP contribution in [-0.4, -0.2) is 17.1 Å². The zero-order valence-corrected chi connectivity index (χ0v) is 15.0. The van der Waals surface area contributed by atoms with Gasteiger partial charge in [0.25, 0.3) is 0 Å². The van der Waals surface area contributed by atoms with Crippen LogP contribution < -0.4 is 15.4 Å². The Balaban J connectivity index is 1.78. The number of nitrogens with one attached hydrogen (secondary N) is 2. The third-order valence-electron chi connectivity index (χ3n) is 3.32. The second-order valence-electron chi connectivity index (χ2n) is 5.20. The molecule has 1 heterocycles. The summed E-state index contributed by atoms with van der Waals surface area (Å²) in [7, 11) is 1.65. The molecule has 0 aliphatic heterocycles. The molecule has 6 heteroatoms. The van der Waals surface area contributed by atoms with E-state index in [9.17, 15) is 0 Å². The number of nitrogens with zero attached hydrogens (tertiary/aromatic N) is 2. The van der Waals surface area contributed by atoms with Gasteiger partial charge >= 0.3 is 0 Å². The van der Waals surface area contributed by atoms with Crippen molar-refractivity contribution in [2.24, 2.45) is 0 Å². The molecule has 5 nitrogen and oxygen atoms in total. The summed E-state index contributed by atoms with van der Waals surface area (Å²) in [5, 5.41) is 6.49. The molecule has 2 N–H and O–H groups in total. The molecule has 0 saturated carbocycles. The monoisotopic (exact) mass is 384 g/mol. The van der Waals surface area contributed by atoms with E-state index in [0.29, 0.717) is 5.95 Å². The molecule has 3 aromatic rings. The van der Waals surface area contributed by atoms with Crippen LogP contribution in [0.15, 0.2) is 59.1 Å². The first-order chi connectivity index (χ1) is 11.6. The summed E-state index contributed by atoms with van der Waals surface area (Å²) >= 11 is 3.43. The smallest absolute Gasteiger partial charge is 0.229 e. The second kappa shape index (κ2) is 7.31. The first-order valence-electron chi connectivity index (χ1n) is 7.42. The summed E-state index contributed by atoms with van der Waals surface area (Å²) in [6.45, 7) is 1.94. The van der Waals surface area contributed by atoms with Crippen molar-refractivity contribution in [3.05, 3.63) is 64.8 Å². The number of aryl methyl sites for hydroxylation is 1. The molecule has 0 unspecified atom stereocenters. The summed E-state index contributed by atoms with van der Waals surface area (Å²) < 4.78 is 6.20. The predicted octanol–water partition coefficient (Wildman–Crippen LogP) is 5.04. The van der Waals surface area contributed by atoms with Crippen molar-refractivity contribution in [2.75, 3.05) is 17.7 Å². The maximum atomic E-state index is 5.16. The Labute approximate surface area is 149 Å². The van der Waals surface area contributed by atoms with Gasteiger partial charge in [-0.05, 0) is 55.5 Å². The number of rotatable bonds is 5. The lowest BCUT2D eigenvalue weighted by Crippen LogP contribution is -2.02. The van der Waals surface area contributed by atoms with Gasteiger partial charge in [-0.15, -0.1) is 0 Å². The van der Waals surface area contributed by atoms with Crippen molar-refractivity contribution in [3.8, 4) is 5.75 Å². The number of aromatic nitrogens is 2. The normalized spacial score (nSPS) is 10.3. The number of ether oxygens (including phenoxy) is 1. The Kier molecular flexibility index (Phi) is 4.96. The predicted molar refractivity (Wildman–Crippen MR) is 100 cm³/mol. The van der Waals surface area contributed by atoms with E-state index >= 15 is 0 Å². The minimum Gasteiger partial charge on any atom is -0.497 e. The molecule has 0 spiro atoms. The molecule has 0 amide bonds. The summed E-state index contributed by atoms with van der Waals surface area (Å²) in [4.78, 5) is 8.94. The molecule has 24 heavy (non-hydrogen) atoms. The third kappa shape index (κ3) is 4.23. The lowest BCUT2D eigenvalue weighted by molar-refractivity contribution is 0.415. The molecular formula is C18H17BrN4O. The number of hydrogen-bond donors (Lipinski definition) is 2. The molecule has 0 radical (unpaired) electrons. The van der Waals surface area contributed by atoms with E-state index in [4.69, 9.17) is 4.74 Å². The quantitative estimate of drug-likeness (QED) is 0.644. The van der Waals surface area contributed by atoms with E-state index in [1.807, 2.05) is 61.5 Å². The van der Waals surface area contributed by atoms with Crippen LogP contribution in [0, 0.1) is 6.92 Å². The summed E-state index contributed by atoms with van der Waals surface area (Å²) in [6.07, 6.45) is 0. The van der Waals surface area contributed by atoms with Crippen molar-refractivity contribution >= 4 is 39.1 Å². The van der Waals surface area contributed by atoms with Crippen molar-refractivity contribution in [1.29, 1.82) is 0 Å². The zero-order valence-electron chi connectivity index (χ0n) is 13.4. The Hall–Kier alpha value is -2.60. The van der Waals surface area contributed by atoms with Gasteiger partial charge in [-0.2, -0.15) is 4.98 Å². The fourth-order valence-electron chi connectivity index (χ4n) is 2.17. The average Bonchev–Trinajstić information content (AvgIpc) is 2.57. The standard InChI is InChI=1S/C18H17BrN4O/c1-12-11-17(21-14-5-3-13(19)4-6-14)23-18(20-12)22-15-7-9-16(24-2)10-8-15/h3-11H,1-2H3,(H2,20,21,22,23). The molecule has 0 bridgehead atoms. The van der Waals surface area contributed by atoms with Gasteiger partial charge in [0.05, 0.1) is 7.11 Å². The molecule has 1 aromatic heterocycles. The highest BCUT2D eigenvalue weighted by Crippen LogP contribution is 2.22. The molecule has 0 saturated heterocycles. The van der Waals surface area contributed by atoms with Crippen LogP contribution in [0.25, 0.3) is 0 Å². The molecule has 0 aliphatic carbocycles. The topological polar surface area (TPSA) is 59.1 Å². The summed E-state index contributed by atoms with van der Waals surface area (Å²) in [6, 6.07) is 17.5. The van der Waals surface area contributed by atoms with Crippen LogP contribution in [0.4, 0.5) is 23.1 Å². The highest BCUT2D eigenvalue weighted by Gasteiger charge is 2.04. The van der Waals surface area contributed by atoms with Crippen LogP contribution in [0.1, 0.15) is 5.69 Å².